The van der Waals surface area contributed by atoms with Gasteiger partial charge in [0.25, 0.3) is 0 Å². The Balaban J connectivity index is 2.77. The number of ether oxygens (including phenoxy) is 1. The molecule has 17 heavy (non-hydrogen) atoms. The minimum atomic E-state index is -1.05. The van der Waals surface area contributed by atoms with Crippen LogP contribution in [0.5, 0.6) is 5.75 Å². The fraction of sp³-hybridized carbons (Fsp3) is 0.462. The van der Waals surface area contributed by atoms with E-state index >= 15 is 0 Å². The second kappa shape index (κ2) is 6.13. The molecule has 0 radical (unpaired) electrons. The van der Waals surface area contributed by atoms with Crippen molar-refractivity contribution in [1.29, 1.82) is 0 Å². The molecule has 3 N–H and O–H groups in total. The monoisotopic (exact) mass is 237 g/mol. The summed E-state index contributed by atoms with van der Waals surface area (Å²) in [7, 11) is 0. The number of nitrogen functional groups attached to an aromatic ring is 1. The van der Waals surface area contributed by atoms with Crippen molar-refractivity contribution < 1.29 is 14.6 Å². The second-order valence-corrected chi connectivity index (χ2v) is 4.23. The smallest absolute Gasteiger partial charge is 0.341 e. The highest BCUT2D eigenvalue weighted by Crippen LogP contribution is 2.25. The Bertz CT molecular complexity index is 390. The summed E-state index contributed by atoms with van der Waals surface area (Å²) in [4.78, 5) is 11.1. The van der Waals surface area contributed by atoms with Gasteiger partial charge in [-0.15, -0.1) is 0 Å². The third-order valence-electron chi connectivity index (χ3n) is 2.58. The zero-order valence-corrected chi connectivity index (χ0v) is 10.3. The van der Waals surface area contributed by atoms with Gasteiger partial charge in [0.1, 0.15) is 11.3 Å². The fourth-order valence-electron chi connectivity index (χ4n) is 1.71. The molecule has 1 rings (SSSR count). The summed E-state index contributed by atoms with van der Waals surface area (Å²) in [6.45, 7) is 4.70. The number of carboxylic acid groups (broad SMARTS) is 1. The van der Waals surface area contributed by atoms with Gasteiger partial charge in [0.05, 0.1) is 6.61 Å². The van der Waals surface area contributed by atoms with Gasteiger partial charge in [-0.3, -0.25) is 0 Å². The standard InChI is InChI=1S/C13H19NO3/c1-3-5-9(2)8-17-11-7-4-6-10(14)12(11)13(15)16/h4,6-7,9H,3,5,8,14H2,1-2H3,(H,15,16). The molecule has 0 aliphatic carbocycles. The molecule has 1 atom stereocenters. The Kier molecular flexibility index (Phi) is 4.82. The van der Waals surface area contributed by atoms with E-state index in [4.69, 9.17) is 15.6 Å². The van der Waals surface area contributed by atoms with Gasteiger partial charge in [-0.05, 0) is 24.5 Å². The molecule has 0 aliphatic heterocycles. The number of aromatic carboxylic acids is 1. The van der Waals surface area contributed by atoms with E-state index in [1.807, 2.05) is 0 Å². The minimum Gasteiger partial charge on any atom is -0.492 e. The highest BCUT2D eigenvalue weighted by atomic mass is 16.5. The average Bonchev–Trinajstić information content (AvgIpc) is 2.26. The lowest BCUT2D eigenvalue weighted by Gasteiger charge is -2.14. The molecule has 94 valence electrons. The first-order valence-electron chi connectivity index (χ1n) is 5.80. The molecule has 0 bridgehead atoms. The van der Waals surface area contributed by atoms with Crippen molar-refractivity contribution in [2.75, 3.05) is 12.3 Å². The highest BCUT2D eigenvalue weighted by molar-refractivity contribution is 5.96. The van der Waals surface area contributed by atoms with Crippen LogP contribution in [0, 0.1) is 5.92 Å². The third-order valence-corrected chi connectivity index (χ3v) is 2.58. The first kappa shape index (κ1) is 13.4. The lowest BCUT2D eigenvalue weighted by Crippen LogP contribution is -2.12. The van der Waals surface area contributed by atoms with Crippen molar-refractivity contribution in [3.63, 3.8) is 0 Å². The molecule has 1 aromatic rings. The summed E-state index contributed by atoms with van der Waals surface area (Å²) < 4.78 is 5.53. The zero-order chi connectivity index (χ0) is 12.8. The number of nitrogens with two attached hydrogens (primary N) is 1. The van der Waals surface area contributed by atoms with Gasteiger partial charge in [0.15, 0.2) is 0 Å². The van der Waals surface area contributed by atoms with Gasteiger partial charge in [0, 0.05) is 5.69 Å². The maximum atomic E-state index is 11.1. The van der Waals surface area contributed by atoms with Crippen LogP contribution in [0.2, 0.25) is 0 Å². The minimum absolute atomic E-state index is 0.0520. The molecule has 0 aliphatic rings. The largest absolute Gasteiger partial charge is 0.492 e. The highest BCUT2D eigenvalue weighted by Gasteiger charge is 2.15. The molecule has 0 aromatic heterocycles. The Labute approximate surface area is 101 Å². The molecule has 0 fully saturated rings. The number of anilines is 1. The van der Waals surface area contributed by atoms with E-state index in [1.54, 1.807) is 18.2 Å². The van der Waals surface area contributed by atoms with Crippen molar-refractivity contribution in [2.45, 2.75) is 26.7 Å². The van der Waals surface area contributed by atoms with E-state index < -0.39 is 5.97 Å². The van der Waals surface area contributed by atoms with Crippen molar-refractivity contribution in [3.8, 4) is 5.75 Å². The van der Waals surface area contributed by atoms with Crippen LogP contribution in [-0.4, -0.2) is 17.7 Å². The summed E-state index contributed by atoms with van der Waals surface area (Å²) in [5.41, 5.74) is 5.91. The number of hydrogen-bond donors (Lipinski definition) is 2. The van der Waals surface area contributed by atoms with Gasteiger partial charge in [0.2, 0.25) is 0 Å². The van der Waals surface area contributed by atoms with E-state index in [2.05, 4.69) is 13.8 Å². The van der Waals surface area contributed by atoms with Gasteiger partial charge in [-0.25, -0.2) is 4.79 Å². The molecule has 1 unspecified atom stereocenters. The number of hydrogen-bond acceptors (Lipinski definition) is 3. The van der Waals surface area contributed by atoms with Crippen LogP contribution in [0.4, 0.5) is 5.69 Å². The van der Waals surface area contributed by atoms with Crippen LogP contribution in [0.3, 0.4) is 0 Å². The number of rotatable bonds is 6. The third kappa shape index (κ3) is 3.66. The Hall–Kier alpha value is -1.71. The first-order chi connectivity index (χ1) is 8.06. The molecule has 0 saturated heterocycles. The lowest BCUT2D eigenvalue weighted by atomic mass is 10.1. The predicted molar refractivity (Wildman–Crippen MR) is 67.4 cm³/mol. The Morgan fingerprint density at radius 1 is 1.53 bits per heavy atom. The van der Waals surface area contributed by atoms with Gasteiger partial charge in [-0.2, -0.15) is 0 Å². The van der Waals surface area contributed by atoms with E-state index in [0.717, 1.165) is 12.8 Å². The normalized spacial score (nSPS) is 12.1. The van der Waals surface area contributed by atoms with Gasteiger partial charge >= 0.3 is 5.97 Å². The van der Waals surface area contributed by atoms with Crippen LogP contribution in [0.1, 0.15) is 37.0 Å². The Morgan fingerprint density at radius 3 is 2.82 bits per heavy atom. The van der Waals surface area contributed by atoms with Crippen LogP contribution in [-0.2, 0) is 0 Å². The Morgan fingerprint density at radius 2 is 2.24 bits per heavy atom. The van der Waals surface area contributed by atoms with Crippen LogP contribution in [0.25, 0.3) is 0 Å². The molecule has 4 heteroatoms. The summed E-state index contributed by atoms with van der Waals surface area (Å²) in [5, 5.41) is 9.06. The van der Waals surface area contributed by atoms with Crippen molar-refractivity contribution in [2.24, 2.45) is 5.92 Å². The summed E-state index contributed by atoms with van der Waals surface area (Å²) in [6, 6.07) is 4.89. The molecule has 0 heterocycles. The van der Waals surface area contributed by atoms with E-state index in [9.17, 15) is 4.79 Å². The fourth-order valence-corrected chi connectivity index (χ4v) is 1.71. The molecule has 0 amide bonds. The number of carboxylic acids is 1. The molecule has 4 nitrogen and oxygen atoms in total. The maximum absolute atomic E-state index is 11.1. The lowest BCUT2D eigenvalue weighted by molar-refractivity contribution is 0.0692. The average molecular weight is 237 g/mol. The van der Waals surface area contributed by atoms with E-state index in [1.165, 1.54) is 0 Å². The van der Waals surface area contributed by atoms with Crippen molar-refractivity contribution >= 4 is 11.7 Å². The van der Waals surface area contributed by atoms with Crippen LogP contribution < -0.4 is 10.5 Å². The molecule has 0 saturated carbocycles. The van der Waals surface area contributed by atoms with Gasteiger partial charge in [-0.1, -0.05) is 26.3 Å². The van der Waals surface area contributed by atoms with E-state index in [0.29, 0.717) is 18.3 Å². The van der Waals surface area contributed by atoms with Crippen LogP contribution in [0.15, 0.2) is 18.2 Å². The maximum Gasteiger partial charge on any atom is 0.341 e. The molecule has 1 aromatic carbocycles. The van der Waals surface area contributed by atoms with E-state index in [-0.39, 0.29) is 11.3 Å². The van der Waals surface area contributed by atoms with Gasteiger partial charge < -0.3 is 15.6 Å². The predicted octanol–water partition coefficient (Wildman–Crippen LogP) is 2.78. The molecule has 0 spiro atoms. The second-order valence-electron chi connectivity index (χ2n) is 4.23. The quantitative estimate of drug-likeness (QED) is 0.746. The zero-order valence-electron chi connectivity index (χ0n) is 10.3. The first-order valence-corrected chi connectivity index (χ1v) is 5.80. The summed E-state index contributed by atoms with van der Waals surface area (Å²) in [5.74, 6) is -0.301. The molecular weight excluding hydrogens is 218 g/mol. The van der Waals surface area contributed by atoms with Crippen LogP contribution >= 0.6 is 0 Å². The summed E-state index contributed by atoms with van der Waals surface area (Å²) in [6.07, 6.45) is 2.15. The summed E-state index contributed by atoms with van der Waals surface area (Å²) >= 11 is 0. The molecular formula is C13H19NO3. The van der Waals surface area contributed by atoms with Crippen molar-refractivity contribution in [1.82, 2.24) is 0 Å². The topological polar surface area (TPSA) is 72.5 Å². The SMILES string of the molecule is CCCC(C)COc1cccc(N)c1C(=O)O. The number of benzene rings is 1. The number of carbonyl (C=O) groups is 1. The van der Waals surface area contributed by atoms with Crippen molar-refractivity contribution in [3.05, 3.63) is 23.8 Å².